The molecular weight excluding hydrogens is 226 g/mol. The predicted octanol–water partition coefficient (Wildman–Crippen LogP) is 2.30. The third-order valence-electron chi connectivity index (χ3n) is 3.48. The van der Waals surface area contributed by atoms with E-state index in [9.17, 15) is 5.11 Å². The number of hydrogen-bond donors (Lipinski definition) is 2. The molecule has 2 unspecified atom stereocenters. The Hall–Kier alpha value is -1.06. The first-order valence-corrected chi connectivity index (χ1v) is 6.77. The van der Waals surface area contributed by atoms with Crippen LogP contribution in [-0.4, -0.2) is 30.4 Å². The number of aliphatic hydroxyl groups is 1. The van der Waals surface area contributed by atoms with E-state index in [1.807, 2.05) is 25.1 Å². The van der Waals surface area contributed by atoms with Crippen molar-refractivity contribution in [2.24, 2.45) is 0 Å². The monoisotopic (exact) mass is 249 g/mol. The van der Waals surface area contributed by atoms with Crippen molar-refractivity contribution in [3.63, 3.8) is 0 Å². The van der Waals surface area contributed by atoms with Crippen LogP contribution in [0.1, 0.15) is 38.2 Å². The molecule has 2 N–H and O–H groups in total. The summed E-state index contributed by atoms with van der Waals surface area (Å²) in [7, 11) is 0. The van der Waals surface area contributed by atoms with E-state index in [1.165, 1.54) is 5.56 Å². The largest absolute Gasteiger partial charge is 0.493 e. The molecule has 2 rings (SSSR count). The van der Waals surface area contributed by atoms with Gasteiger partial charge in [-0.2, -0.15) is 0 Å². The van der Waals surface area contributed by atoms with E-state index >= 15 is 0 Å². The van der Waals surface area contributed by atoms with Crippen LogP contribution in [0.5, 0.6) is 5.75 Å². The molecule has 0 amide bonds. The van der Waals surface area contributed by atoms with Crippen molar-refractivity contribution in [3.05, 3.63) is 29.8 Å². The van der Waals surface area contributed by atoms with Crippen LogP contribution in [0.2, 0.25) is 0 Å². The molecule has 2 atom stereocenters. The smallest absolute Gasteiger partial charge is 0.122 e. The fraction of sp³-hybridized carbons (Fsp3) is 0.600. The molecule has 0 bridgehead atoms. The van der Waals surface area contributed by atoms with Crippen LogP contribution in [-0.2, 0) is 0 Å². The van der Waals surface area contributed by atoms with Crippen molar-refractivity contribution in [2.45, 2.75) is 38.2 Å². The second-order valence-corrected chi connectivity index (χ2v) is 5.42. The van der Waals surface area contributed by atoms with E-state index in [4.69, 9.17) is 4.74 Å². The van der Waals surface area contributed by atoms with Crippen molar-refractivity contribution in [2.75, 3.05) is 19.7 Å². The van der Waals surface area contributed by atoms with E-state index in [0.717, 1.165) is 31.7 Å². The van der Waals surface area contributed by atoms with Gasteiger partial charge in [0.15, 0.2) is 0 Å². The molecule has 100 valence electrons. The standard InChI is InChI=1S/C15H23NO2/c1-3-8-15(2,17)11-16-9-12-10-18-14-7-5-4-6-13(12)14/h4-7,12,16-17H,3,8-11H2,1-2H3. The van der Waals surface area contributed by atoms with Gasteiger partial charge in [-0.1, -0.05) is 31.5 Å². The molecule has 0 fully saturated rings. The van der Waals surface area contributed by atoms with Gasteiger partial charge in [0.05, 0.1) is 12.2 Å². The summed E-state index contributed by atoms with van der Waals surface area (Å²) in [5, 5.41) is 13.5. The maximum Gasteiger partial charge on any atom is 0.122 e. The van der Waals surface area contributed by atoms with Gasteiger partial charge in [-0.3, -0.25) is 0 Å². The summed E-state index contributed by atoms with van der Waals surface area (Å²) in [5.74, 6) is 1.41. The number of fused-ring (bicyclic) bond motifs is 1. The Labute approximate surface area is 109 Å². The van der Waals surface area contributed by atoms with Gasteiger partial charge < -0.3 is 15.2 Å². The maximum atomic E-state index is 10.1. The minimum Gasteiger partial charge on any atom is -0.493 e. The zero-order chi connectivity index (χ0) is 13.0. The molecule has 0 saturated carbocycles. The summed E-state index contributed by atoms with van der Waals surface area (Å²) in [6.07, 6.45) is 1.84. The van der Waals surface area contributed by atoms with Crippen molar-refractivity contribution in [1.82, 2.24) is 5.32 Å². The van der Waals surface area contributed by atoms with Gasteiger partial charge in [0.25, 0.3) is 0 Å². The molecule has 0 aromatic heterocycles. The first kappa shape index (κ1) is 13.4. The number of benzene rings is 1. The lowest BCUT2D eigenvalue weighted by molar-refractivity contribution is 0.0497. The summed E-state index contributed by atoms with van der Waals surface area (Å²) < 4.78 is 5.64. The highest BCUT2D eigenvalue weighted by molar-refractivity contribution is 5.39. The van der Waals surface area contributed by atoms with Crippen LogP contribution >= 0.6 is 0 Å². The molecule has 1 aromatic rings. The summed E-state index contributed by atoms with van der Waals surface area (Å²) >= 11 is 0. The van der Waals surface area contributed by atoms with Crippen LogP contribution < -0.4 is 10.1 Å². The zero-order valence-electron chi connectivity index (χ0n) is 11.3. The van der Waals surface area contributed by atoms with Gasteiger partial charge in [-0.15, -0.1) is 0 Å². The van der Waals surface area contributed by atoms with Crippen LogP contribution in [0.25, 0.3) is 0 Å². The minimum atomic E-state index is -0.603. The van der Waals surface area contributed by atoms with Gasteiger partial charge in [-0.05, 0) is 19.4 Å². The van der Waals surface area contributed by atoms with Crippen LogP contribution in [0, 0.1) is 0 Å². The van der Waals surface area contributed by atoms with Crippen molar-refractivity contribution in [1.29, 1.82) is 0 Å². The Bertz CT molecular complexity index is 390. The molecule has 0 radical (unpaired) electrons. The van der Waals surface area contributed by atoms with E-state index in [-0.39, 0.29) is 0 Å². The fourth-order valence-electron chi connectivity index (χ4n) is 2.54. The van der Waals surface area contributed by atoms with Crippen molar-refractivity contribution < 1.29 is 9.84 Å². The molecule has 1 aromatic carbocycles. The molecule has 1 aliphatic rings. The van der Waals surface area contributed by atoms with Gasteiger partial charge in [0, 0.05) is 24.6 Å². The normalized spacial score (nSPS) is 21.2. The Morgan fingerprint density at radius 2 is 2.22 bits per heavy atom. The number of rotatable bonds is 6. The van der Waals surface area contributed by atoms with Crippen molar-refractivity contribution in [3.8, 4) is 5.75 Å². The van der Waals surface area contributed by atoms with E-state index < -0.39 is 5.60 Å². The molecule has 1 aliphatic heterocycles. The van der Waals surface area contributed by atoms with E-state index in [0.29, 0.717) is 12.5 Å². The number of nitrogens with one attached hydrogen (secondary N) is 1. The van der Waals surface area contributed by atoms with E-state index in [2.05, 4.69) is 18.3 Å². The lowest BCUT2D eigenvalue weighted by Gasteiger charge is -2.24. The number of ether oxygens (including phenoxy) is 1. The molecular formula is C15H23NO2. The number of hydrogen-bond acceptors (Lipinski definition) is 3. The van der Waals surface area contributed by atoms with Gasteiger partial charge in [0.2, 0.25) is 0 Å². The molecule has 1 heterocycles. The van der Waals surface area contributed by atoms with Crippen LogP contribution in [0.15, 0.2) is 24.3 Å². The Kier molecular flexibility index (Phi) is 4.25. The SMILES string of the molecule is CCCC(C)(O)CNCC1COc2ccccc21. The van der Waals surface area contributed by atoms with Crippen LogP contribution in [0.4, 0.5) is 0 Å². The first-order valence-electron chi connectivity index (χ1n) is 6.77. The van der Waals surface area contributed by atoms with Gasteiger partial charge in [-0.25, -0.2) is 0 Å². The first-order chi connectivity index (χ1) is 8.62. The lowest BCUT2D eigenvalue weighted by Crippen LogP contribution is -2.39. The summed E-state index contributed by atoms with van der Waals surface area (Å²) in [6, 6.07) is 8.19. The Morgan fingerprint density at radius 1 is 1.44 bits per heavy atom. The maximum absolute atomic E-state index is 10.1. The number of para-hydroxylation sites is 1. The molecule has 0 spiro atoms. The molecule has 3 nitrogen and oxygen atoms in total. The Balaban J connectivity index is 1.82. The highest BCUT2D eigenvalue weighted by Crippen LogP contribution is 2.32. The van der Waals surface area contributed by atoms with Crippen LogP contribution in [0.3, 0.4) is 0 Å². The Morgan fingerprint density at radius 3 is 3.00 bits per heavy atom. The van der Waals surface area contributed by atoms with Crippen molar-refractivity contribution >= 4 is 0 Å². The summed E-state index contributed by atoms with van der Waals surface area (Å²) in [5.41, 5.74) is 0.674. The predicted molar refractivity (Wildman–Crippen MR) is 73.1 cm³/mol. The second kappa shape index (κ2) is 5.72. The third-order valence-corrected chi connectivity index (χ3v) is 3.48. The topological polar surface area (TPSA) is 41.5 Å². The summed E-state index contributed by atoms with van der Waals surface area (Å²) in [4.78, 5) is 0. The highest BCUT2D eigenvalue weighted by atomic mass is 16.5. The molecule has 0 saturated heterocycles. The minimum absolute atomic E-state index is 0.402. The zero-order valence-corrected chi connectivity index (χ0v) is 11.3. The molecule has 0 aliphatic carbocycles. The average molecular weight is 249 g/mol. The highest BCUT2D eigenvalue weighted by Gasteiger charge is 2.24. The quantitative estimate of drug-likeness (QED) is 0.813. The lowest BCUT2D eigenvalue weighted by atomic mass is 9.99. The second-order valence-electron chi connectivity index (χ2n) is 5.42. The van der Waals surface area contributed by atoms with Gasteiger partial charge in [0.1, 0.15) is 5.75 Å². The molecule has 18 heavy (non-hydrogen) atoms. The van der Waals surface area contributed by atoms with E-state index in [1.54, 1.807) is 0 Å². The van der Waals surface area contributed by atoms with Gasteiger partial charge >= 0.3 is 0 Å². The average Bonchev–Trinajstić information content (AvgIpc) is 2.73. The third kappa shape index (κ3) is 3.24. The molecule has 3 heteroatoms. The summed E-state index contributed by atoms with van der Waals surface area (Å²) in [6.45, 7) is 6.22. The fourth-order valence-corrected chi connectivity index (χ4v) is 2.54.